The Morgan fingerprint density at radius 3 is 2.64 bits per heavy atom. The van der Waals surface area contributed by atoms with Gasteiger partial charge in [0, 0.05) is 29.5 Å². The van der Waals surface area contributed by atoms with E-state index in [1.165, 1.54) is 0 Å². The van der Waals surface area contributed by atoms with Gasteiger partial charge in [-0.25, -0.2) is 0 Å². The lowest BCUT2D eigenvalue weighted by molar-refractivity contribution is 0.0914. The van der Waals surface area contributed by atoms with Crippen molar-refractivity contribution in [2.24, 2.45) is 0 Å². The van der Waals surface area contributed by atoms with Crippen molar-refractivity contribution in [2.45, 2.75) is 38.0 Å². The highest BCUT2D eigenvalue weighted by atomic mass is 32.2. The highest BCUT2D eigenvalue weighted by molar-refractivity contribution is 7.99. The molecule has 2 rings (SSSR count). The molecule has 0 unspecified atom stereocenters. The van der Waals surface area contributed by atoms with Gasteiger partial charge < -0.3 is 0 Å². The summed E-state index contributed by atoms with van der Waals surface area (Å²) in [6, 6.07) is 9.30. The molecule has 1 aromatic carbocycles. The molecule has 2 aromatic rings. The fourth-order valence-electron chi connectivity index (χ4n) is 2.48. The molecular formula is C21H23NO2S. The van der Waals surface area contributed by atoms with Crippen LogP contribution in [0.1, 0.15) is 58.2 Å². The van der Waals surface area contributed by atoms with E-state index in [0.29, 0.717) is 11.3 Å². The maximum Gasteiger partial charge on any atom is 0.181 e. The second kappa shape index (κ2) is 9.33. The molecule has 1 heterocycles. The van der Waals surface area contributed by atoms with Crippen molar-refractivity contribution in [1.29, 1.82) is 0 Å². The first kappa shape index (κ1) is 19.1. The van der Waals surface area contributed by atoms with Crippen molar-refractivity contribution < 1.29 is 9.59 Å². The molecule has 0 amide bonds. The van der Waals surface area contributed by atoms with Crippen LogP contribution in [0.25, 0.3) is 6.08 Å². The molecule has 3 nitrogen and oxygen atoms in total. The predicted octanol–water partition coefficient (Wildman–Crippen LogP) is 5.38. The summed E-state index contributed by atoms with van der Waals surface area (Å²) in [5.74, 6) is 0.890. The van der Waals surface area contributed by atoms with Gasteiger partial charge in [-0.3, -0.25) is 14.6 Å². The molecule has 0 saturated heterocycles. The monoisotopic (exact) mass is 353 g/mol. The summed E-state index contributed by atoms with van der Waals surface area (Å²) >= 11 is 1.73. The Balaban J connectivity index is 2.06. The normalized spacial score (nSPS) is 10.5. The van der Waals surface area contributed by atoms with Crippen LogP contribution in [0.2, 0.25) is 0 Å². The third-order valence-corrected chi connectivity index (χ3v) is 5.15. The van der Waals surface area contributed by atoms with E-state index >= 15 is 0 Å². The number of aryl methyl sites for hydroxylation is 1. The number of aromatic nitrogens is 1. The van der Waals surface area contributed by atoms with E-state index in [2.05, 4.69) is 18.5 Å². The second-order valence-corrected chi connectivity index (χ2v) is 6.96. The summed E-state index contributed by atoms with van der Waals surface area (Å²) < 4.78 is 0. The number of carbonyl (C=O) groups is 2. The van der Waals surface area contributed by atoms with Gasteiger partial charge in [0.2, 0.25) is 0 Å². The standard InChI is InChI=1S/C21H23NO2S/c1-4-13-25-20-14-17(9-8-16(20)5-2)18(23)10-11-19(24)21-15(3)7-6-12-22-21/h5-9,12,14H,2,4,10-11,13H2,1,3H3. The van der Waals surface area contributed by atoms with Crippen LogP contribution >= 0.6 is 11.8 Å². The zero-order valence-electron chi connectivity index (χ0n) is 14.7. The van der Waals surface area contributed by atoms with Gasteiger partial charge in [0.25, 0.3) is 0 Å². The highest BCUT2D eigenvalue weighted by Crippen LogP contribution is 2.26. The molecule has 0 atom stereocenters. The van der Waals surface area contributed by atoms with E-state index in [1.807, 2.05) is 31.2 Å². The summed E-state index contributed by atoms with van der Waals surface area (Å²) in [5, 5.41) is 0. The number of pyridine rings is 1. The minimum Gasteiger partial charge on any atom is -0.294 e. The largest absolute Gasteiger partial charge is 0.294 e. The first-order valence-electron chi connectivity index (χ1n) is 8.44. The molecule has 25 heavy (non-hydrogen) atoms. The van der Waals surface area contributed by atoms with Crippen molar-refractivity contribution in [3.05, 3.63) is 65.5 Å². The van der Waals surface area contributed by atoms with Crippen LogP contribution in [0.4, 0.5) is 0 Å². The van der Waals surface area contributed by atoms with Gasteiger partial charge in [-0.2, -0.15) is 0 Å². The number of benzene rings is 1. The van der Waals surface area contributed by atoms with Gasteiger partial charge in [-0.05, 0) is 42.4 Å². The molecule has 0 bridgehead atoms. The Hall–Kier alpha value is -2.20. The first-order chi connectivity index (χ1) is 12.1. The maximum atomic E-state index is 12.5. The smallest absolute Gasteiger partial charge is 0.181 e. The summed E-state index contributed by atoms with van der Waals surface area (Å²) in [5.41, 5.74) is 2.98. The van der Waals surface area contributed by atoms with E-state index in [9.17, 15) is 9.59 Å². The Morgan fingerprint density at radius 2 is 1.96 bits per heavy atom. The summed E-state index contributed by atoms with van der Waals surface area (Å²) in [6.07, 6.45) is 4.85. The molecule has 0 aliphatic heterocycles. The van der Waals surface area contributed by atoms with Gasteiger partial charge in [-0.15, -0.1) is 11.8 Å². The van der Waals surface area contributed by atoms with Crippen molar-refractivity contribution in [3.63, 3.8) is 0 Å². The van der Waals surface area contributed by atoms with Gasteiger partial charge in [0.1, 0.15) is 5.69 Å². The third kappa shape index (κ3) is 5.13. The lowest BCUT2D eigenvalue weighted by atomic mass is 10.0. The van der Waals surface area contributed by atoms with E-state index in [0.717, 1.165) is 28.2 Å². The summed E-state index contributed by atoms with van der Waals surface area (Å²) in [4.78, 5) is 29.9. The lowest BCUT2D eigenvalue weighted by Crippen LogP contribution is -2.08. The van der Waals surface area contributed by atoms with E-state index < -0.39 is 0 Å². The fraction of sp³-hybridized carbons (Fsp3) is 0.286. The number of nitrogens with zero attached hydrogens (tertiary/aromatic N) is 1. The number of Topliss-reactive ketones (excluding diaryl/α,β-unsaturated/α-hetero) is 2. The molecule has 4 heteroatoms. The van der Waals surface area contributed by atoms with Crippen molar-refractivity contribution in [1.82, 2.24) is 4.98 Å². The maximum absolute atomic E-state index is 12.5. The third-order valence-electron chi connectivity index (χ3n) is 3.87. The van der Waals surface area contributed by atoms with Crippen LogP contribution in [0.15, 0.2) is 48.0 Å². The molecule has 0 N–H and O–H groups in total. The zero-order chi connectivity index (χ0) is 18.2. The predicted molar refractivity (Wildman–Crippen MR) is 104 cm³/mol. The quantitative estimate of drug-likeness (QED) is 0.448. The Bertz CT molecular complexity index is 783. The number of thioether (sulfide) groups is 1. The molecule has 1 aromatic heterocycles. The average Bonchev–Trinajstić information content (AvgIpc) is 2.64. The van der Waals surface area contributed by atoms with Crippen molar-refractivity contribution in [2.75, 3.05) is 5.75 Å². The van der Waals surface area contributed by atoms with Crippen LogP contribution in [-0.2, 0) is 0 Å². The number of ketones is 2. The van der Waals surface area contributed by atoms with Gasteiger partial charge >= 0.3 is 0 Å². The topological polar surface area (TPSA) is 47.0 Å². The van der Waals surface area contributed by atoms with Crippen LogP contribution in [0.3, 0.4) is 0 Å². The lowest BCUT2D eigenvalue weighted by Gasteiger charge is -2.08. The SMILES string of the molecule is C=Cc1ccc(C(=O)CCC(=O)c2ncccc2C)cc1SCCC. The van der Waals surface area contributed by atoms with Crippen molar-refractivity contribution >= 4 is 29.4 Å². The first-order valence-corrected chi connectivity index (χ1v) is 9.42. The van der Waals surface area contributed by atoms with Gasteiger partial charge in [-0.1, -0.05) is 37.8 Å². The molecule has 0 aliphatic rings. The van der Waals surface area contributed by atoms with E-state index in [1.54, 1.807) is 30.1 Å². The molecular weight excluding hydrogens is 330 g/mol. The molecule has 130 valence electrons. The molecule has 0 saturated carbocycles. The minimum absolute atomic E-state index is 0.0177. The zero-order valence-corrected chi connectivity index (χ0v) is 15.6. The van der Waals surface area contributed by atoms with Crippen LogP contribution in [0.5, 0.6) is 0 Å². The van der Waals surface area contributed by atoms with E-state index in [-0.39, 0.29) is 24.4 Å². The number of hydrogen-bond donors (Lipinski definition) is 0. The van der Waals surface area contributed by atoms with Crippen LogP contribution in [0, 0.1) is 6.92 Å². The Morgan fingerprint density at radius 1 is 1.20 bits per heavy atom. The van der Waals surface area contributed by atoms with Crippen LogP contribution < -0.4 is 0 Å². The number of carbonyl (C=O) groups excluding carboxylic acids is 2. The Labute approximate surface area is 153 Å². The summed E-state index contributed by atoms with van der Waals surface area (Å²) in [6.45, 7) is 7.81. The number of hydrogen-bond acceptors (Lipinski definition) is 4. The highest BCUT2D eigenvalue weighted by Gasteiger charge is 2.14. The molecule has 0 aliphatic carbocycles. The molecule has 0 fully saturated rings. The molecule has 0 radical (unpaired) electrons. The van der Waals surface area contributed by atoms with Crippen molar-refractivity contribution in [3.8, 4) is 0 Å². The minimum atomic E-state index is -0.0882. The Kier molecular flexibility index (Phi) is 7.14. The average molecular weight is 353 g/mol. The molecule has 0 spiro atoms. The summed E-state index contributed by atoms with van der Waals surface area (Å²) in [7, 11) is 0. The van der Waals surface area contributed by atoms with Gasteiger partial charge in [0.15, 0.2) is 11.6 Å². The number of rotatable bonds is 9. The fourth-order valence-corrected chi connectivity index (χ4v) is 3.43. The van der Waals surface area contributed by atoms with Crippen LogP contribution in [-0.4, -0.2) is 22.3 Å². The van der Waals surface area contributed by atoms with Gasteiger partial charge in [0.05, 0.1) is 0 Å². The van der Waals surface area contributed by atoms with E-state index in [4.69, 9.17) is 0 Å². The second-order valence-electron chi connectivity index (χ2n) is 5.82.